The molecule has 1 amide bonds. The summed E-state index contributed by atoms with van der Waals surface area (Å²) < 4.78 is 7.03. The molecule has 1 aromatic heterocycles. The number of rotatable bonds is 5. The van der Waals surface area contributed by atoms with Crippen LogP contribution in [0.15, 0.2) is 29.1 Å². The number of aromatic nitrogens is 2. The highest BCUT2D eigenvalue weighted by atomic mass is 16.5. The van der Waals surface area contributed by atoms with Gasteiger partial charge in [-0.1, -0.05) is 18.2 Å². The van der Waals surface area contributed by atoms with Crippen molar-refractivity contribution in [3.05, 3.63) is 51.4 Å². The van der Waals surface area contributed by atoms with Crippen LogP contribution in [0.3, 0.4) is 0 Å². The molecule has 2 aromatic rings. The lowest BCUT2D eigenvalue weighted by Gasteiger charge is -2.26. The van der Waals surface area contributed by atoms with E-state index in [0.717, 1.165) is 22.6 Å². The Morgan fingerprint density at radius 3 is 2.96 bits per heavy atom. The van der Waals surface area contributed by atoms with Crippen LogP contribution in [-0.4, -0.2) is 40.8 Å². The molecule has 2 heterocycles. The van der Waals surface area contributed by atoms with Crippen LogP contribution in [0, 0.1) is 0 Å². The summed E-state index contributed by atoms with van der Waals surface area (Å²) >= 11 is 0. The number of H-pyrrole nitrogens is 1. The van der Waals surface area contributed by atoms with Crippen LogP contribution < -0.4 is 15.6 Å². The van der Waals surface area contributed by atoms with Crippen LogP contribution in [0.1, 0.15) is 16.8 Å². The summed E-state index contributed by atoms with van der Waals surface area (Å²) in [4.78, 5) is 26.0. The SMILES string of the molecule is COc1ccccc1CNC(=O)CN1CCc2c(n(C)[nH]c2=O)C1. The maximum atomic E-state index is 12.2. The van der Waals surface area contributed by atoms with Gasteiger partial charge in [0.05, 0.1) is 19.3 Å². The highest BCUT2D eigenvalue weighted by molar-refractivity contribution is 5.78. The van der Waals surface area contributed by atoms with E-state index < -0.39 is 0 Å². The van der Waals surface area contributed by atoms with Crippen LogP contribution in [0.4, 0.5) is 0 Å². The van der Waals surface area contributed by atoms with Crippen molar-refractivity contribution < 1.29 is 9.53 Å². The monoisotopic (exact) mass is 330 g/mol. The second-order valence-electron chi connectivity index (χ2n) is 5.97. The van der Waals surface area contributed by atoms with Crippen LogP contribution >= 0.6 is 0 Å². The van der Waals surface area contributed by atoms with E-state index >= 15 is 0 Å². The van der Waals surface area contributed by atoms with Gasteiger partial charge in [0, 0.05) is 37.8 Å². The minimum absolute atomic E-state index is 0.0206. The predicted octanol–water partition coefficient (Wildman–Crippen LogP) is 0.396. The number of nitrogens with one attached hydrogen (secondary N) is 2. The molecule has 7 heteroatoms. The molecule has 0 aliphatic carbocycles. The van der Waals surface area contributed by atoms with Crippen molar-refractivity contribution in [2.45, 2.75) is 19.5 Å². The number of methoxy groups -OCH3 is 1. The van der Waals surface area contributed by atoms with Gasteiger partial charge in [-0.15, -0.1) is 0 Å². The largest absolute Gasteiger partial charge is 0.496 e. The number of hydrogen-bond acceptors (Lipinski definition) is 4. The van der Waals surface area contributed by atoms with Gasteiger partial charge >= 0.3 is 0 Å². The molecule has 1 aliphatic heterocycles. The van der Waals surface area contributed by atoms with Crippen LogP contribution in [-0.2, 0) is 31.4 Å². The number of aryl methyl sites for hydroxylation is 1. The van der Waals surface area contributed by atoms with Gasteiger partial charge in [0.15, 0.2) is 0 Å². The molecule has 0 atom stereocenters. The third-order valence-corrected chi connectivity index (χ3v) is 4.38. The zero-order chi connectivity index (χ0) is 17.1. The summed E-state index contributed by atoms with van der Waals surface area (Å²) in [5.41, 5.74) is 2.72. The first kappa shape index (κ1) is 16.3. The number of amides is 1. The number of benzene rings is 1. The number of para-hydroxylation sites is 1. The first-order valence-corrected chi connectivity index (χ1v) is 7.96. The van der Waals surface area contributed by atoms with E-state index in [9.17, 15) is 9.59 Å². The van der Waals surface area contributed by atoms with E-state index in [2.05, 4.69) is 10.4 Å². The van der Waals surface area contributed by atoms with Crippen LogP contribution in [0.5, 0.6) is 5.75 Å². The molecule has 0 unspecified atom stereocenters. The average Bonchev–Trinajstić information content (AvgIpc) is 2.87. The zero-order valence-corrected chi connectivity index (χ0v) is 14.0. The number of carbonyl (C=O) groups is 1. The Bertz CT molecular complexity index is 793. The number of hydrogen-bond donors (Lipinski definition) is 2. The number of ether oxygens (including phenoxy) is 1. The molecule has 0 bridgehead atoms. The summed E-state index contributed by atoms with van der Waals surface area (Å²) in [5, 5.41) is 5.70. The Labute approximate surface area is 140 Å². The molecule has 7 nitrogen and oxygen atoms in total. The maximum Gasteiger partial charge on any atom is 0.267 e. The minimum Gasteiger partial charge on any atom is -0.496 e. The molecule has 0 saturated heterocycles. The zero-order valence-electron chi connectivity index (χ0n) is 14.0. The van der Waals surface area contributed by atoms with Crippen molar-refractivity contribution in [3.63, 3.8) is 0 Å². The van der Waals surface area contributed by atoms with Gasteiger partial charge in [0.2, 0.25) is 5.91 Å². The fourth-order valence-electron chi connectivity index (χ4n) is 3.08. The molecule has 1 aliphatic rings. The normalized spacial score (nSPS) is 14.2. The quantitative estimate of drug-likeness (QED) is 0.832. The van der Waals surface area contributed by atoms with Gasteiger partial charge in [-0.2, -0.15) is 0 Å². The van der Waals surface area contributed by atoms with Crippen molar-refractivity contribution in [2.75, 3.05) is 20.2 Å². The van der Waals surface area contributed by atoms with Crippen molar-refractivity contribution in [3.8, 4) is 5.75 Å². The predicted molar refractivity (Wildman–Crippen MR) is 89.9 cm³/mol. The summed E-state index contributed by atoms with van der Waals surface area (Å²) in [6.07, 6.45) is 0.672. The number of aromatic amines is 1. The maximum absolute atomic E-state index is 12.2. The standard InChI is InChI=1S/C17H22N4O3/c1-20-14-10-21(8-7-13(14)17(23)19-20)11-16(22)18-9-12-5-3-4-6-15(12)24-2/h3-6H,7-11H2,1-2H3,(H,18,22)(H,19,23). The molecular formula is C17H22N4O3. The molecule has 0 saturated carbocycles. The van der Waals surface area contributed by atoms with Crippen molar-refractivity contribution in [1.29, 1.82) is 0 Å². The molecule has 3 rings (SSSR count). The summed E-state index contributed by atoms with van der Waals surface area (Å²) in [5.74, 6) is 0.729. The Morgan fingerprint density at radius 2 is 2.17 bits per heavy atom. The molecule has 1 aromatic carbocycles. The van der Waals surface area contributed by atoms with Gasteiger partial charge in [0.25, 0.3) is 5.56 Å². The third kappa shape index (κ3) is 3.35. The summed E-state index contributed by atoms with van der Waals surface area (Å²) in [6, 6.07) is 7.63. The molecule has 0 spiro atoms. The highest BCUT2D eigenvalue weighted by Crippen LogP contribution is 2.17. The van der Waals surface area contributed by atoms with Gasteiger partial charge in [-0.25, -0.2) is 0 Å². The molecule has 24 heavy (non-hydrogen) atoms. The summed E-state index contributed by atoms with van der Waals surface area (Å²) in [6.45, 7) is 2.06. The van der Waals surface area contributed by atoms with Crippen molar-refractivity contribution in [2.24, 2.45) is 7.05 Å². The van der Waals surface area contributed by atoms with Crippen molar-refractivity contribution in [1.82, 2.24) is 20.0 Å². The highest BCUT2D eigenvalue weighted by Gasteiger charge is 2.23. The second-order valence-corrected chi connectivity index (χ2v) is 5.97. The third-order valence-electron chi connectivity index (χ3n) is 4.38. The van der Waals surface area contributed by atoms with Gasteiger partial charge in [0.1, 0.15) is 5.75 Å². The van der Waals surface area contributed by atoms with Gasteiger partial charge < -0.3 is 10.1 Å². The number of fused-ring (bicyclic) bond motifs is 1. The van der Waals surface area contributed by atoms with E-state index in [4.69, 9.17) is 4.74 Å². The molecule has 128 valence electrons. The van der Waals surface area contributed by atoms with Crippen LogP contribution in [0.25, 0.3) is 0 Å². The average molecular weight is 330 g/mol. The van der Waals surface area contributed by atoms with Crippen molar-refractivity contribution >= 4 is 5.91 Å². The number of nitrogens with zero attached hydrogens (tertiary/aromatic N) is 2. The summed E-state index contributed by atoms with van der Waals surface area (Å²) in [7, 11) is 3.44. The first-order chi connectivity index (χ1) is 11.6. The molecular weight excluding hydrogens is 308 g/mol. The number of carbonyl (C=O) groups excluding carboxylic acids is 1. The molecule has 0 radical (unpaired) electrons. The molecule has 0 fully saturated rings. The lowest BCUT2D eigenvalue weighted by molar-refractivity contribution is -0.122. The van der Waals surface area contributed by atoms with E-state index in [0.29, 0.717) is 32.6 Å². The van der Waals surface area contributed by atoms with E-state index in [1.165, 1.54) is 0 Å². The van der Waals surface area contributed by atoms with E-state index in [1.807, 2.05) is 36.2 Å². The Balaban J connectivity index is 1.56. The fraction of sp³-hybridized carbons (Fsp3) is 0.412. The van der Waals surface area contributed by atoms with Gasteiger partial charge in [-0.3, -0.25) is 24.3 Å². The first-order valence-electron chi connectivity index (χ1n) is 7.96. The smallest absolute Gasteiger partial charge is 0.267 e. The fourth-order valence-corrected chi connectivity index (χ4v) is 3.08. The second kappa shape index (κ2) is 6.92. The van der Waals surface area contributed by atoms with E-state index in [-0.39, 0.29) is 11.5 Å². The topological polar surface area (TPSA) is 79.4 Å². The molecule has 2 N–H and O–H groups in total. The van der Waals surface area contributed by atoms with Gasteiger partial charge in [-0.05, 0) is 12.5 Å². The Kier molecular flexibility index (Phi) is 4.71. The van der Waals surface area contributed by atoms with E-state index in [1.54, 1.807) is 11.8 Å². The minimum atomic E-state index is -0.0371. The Morgan fingerprint density at radius 1 is 1.38 bits per heavy atom. The van der Waals surface area contributed by atoms with Crippen LogP contribution in [0.2, 0.25) is 0 Å². The Hall–Kier alpha value is -2.54. The lowest BCUT2D eigenvalue weighted by Crippen LogP contribution is -2.40. The lowest BCUT2D eigenvalue weighted by atomic mass is 10.1.